The fourth-order valence-electron chi connectivity index (χ4n) is 4.32. The van der Waals surface area contributed by atoms with E-state index in [9.17, 15) is 38.7 Å². The van der Waals surface area contributed by atoms with Crippen molar-refractivity contribution in [3.63, 3.8) is 0 Å². The Kier molecular flexibility index (Phi) is 14.2. The normalized spacial score (nSPS) is 18.5. The highest BCUT2D eigenvalue weighted by molar-refractivity contribution is 5.96. The summed E-state index contributed by atoms with van der Waals surface area (Å²) in [6.07, 6.45) is -0.390. The molecule has 0 unspecified atom stereocenters. The van der Waals surface area contributed by atoms with Gasteiger partial charge in [-0.3, -0.25) is 28.8 Å². The van der Waals surface area contributed by atoms with Crippen molar-refractivity contribution in [3.05, 3.63) is 0 Å². The summed E-state index contributed by atoms with van der Waals surface area (Å²) < 4.78 is 0. The van der Waals surface area contributed by atoms with Crippen LogP contribution in [0.3, 0.4) is 0 Å². The summed E-state index contributed by atoms with van der Waals surface area (Å²) in [4.78, 5) is 87.3. The lowest BCUT2D eigenvalue weighted by Crippen LogP contribution is -2.60. The van der Waals surface area contributed by atoms with Crippen molar-refractivity contribution < 1.29 is 48.9 Å². The van der Waals surface area contributed by atoms with Gasteiger partial charge < -0.3 is 41.9 Å². The summed E-state index contributed by atoms with van der Waals surface area (Å²) in [5, 5.41) is 34.8. The summed E-state index contributed by atoms with van der Waals surface area (Å²) in [6.45, 7) is 7.08. The van der Waals surface area contributed by atoms with E-state index in [1.165, 1.54) is 4.90 Å². The lowest BCUT2D eigenvalue weighted by Gasteiger charge is -2.32. The van der Waals surface area contributed by atoms with Crippen molar-refractivity contribution in [1.82, 2.24) is 20.9 Å². The first-order valence-electron chi connectivity index (χ1n) is 13.7. The van der Waals surface area contributed by atoms with Gasteiger partial charge in [0, 0.05) is 19.4 Å². The minimum Gasteiger partial charge on any atom is -0.481 e. The van der Waals surface area contributed by atoms with E-state index in [1.54, 1.807) is 27.7 Å². The molecule has 0 aromatic heterocycles. The Balaban J connectivity index is 3.14. The molecule has 8 N–H and O–H groups in total. The standard InChI is InChI=1S/C26H43N5O10/c1-5-14(4)21(30-22(36)15(8-10-18(32)33)28-24(38)20(27)13(2)3)25(39)31-12-6-7-17(31)23(37)29-16(26(40)41)9-11-19(34)35/h13-17,20-21H,5-12,27H2,1-4H3,(H,28,38)(H,29,37)(H,30,36)(H,32,33)(H,34,35)(H,40,41)/t14-,15-,16-,17-,20-,21-/m0/s1. The molecule has 0 aliphatic carbocycles. The first-order valence-corrected chi connectivity index (χ1v) is 13.7. The first kappa shape index (κ1) is 35.3. The summed E-state index contributed by atoms with van der Waals surface area (Å²) in [5.74, 6) is -7.28. The molecule has 1 heterocycles. The predicted octanol–water partition coefficient (Wildman–Crippen LogP) is -0.725. The third-order valence-electron chi connectivity index (χ3n) is 7.18. The fraction of sp³-hybridized carbons (Fsp3) is 0.731. The molecule has 1 rings (SSSR count). The lowest BCUT2D eigenvalue weighted by atomic mass is 9.96. The number of hydrogen-bond acceptors (Lipinski definition) is 8. The van der Waals surface area contributed by atoms with Gasteiger partial charge in [-0.25, -0.2) is 4.79 Å². The summed E-state index contributed by atoms with van der Waals surface area (Å²) in [5.41, 5.74) is 5.87. The van der Waals surface area contributed by atoms with E-state index in [0.29, 0.717) is 12.8 Å². The van der Waals surface area contributed by atoms with Crippen LogP contribution >= 0.6 is 0 Å². The minimum atomic E-state index is -1.46. The van der Waals surface area contributed by atoms with Crippen molar-refractivity contribution in [2.45, 2.75) is 103 Å². The number of aliphatic carboxylic acids is 3. The van der Waals surface area contributed by atoms with E-state index in [0.717, 1.165) is 0 Å². The molecule has 15 heteroatoms. The number of rotatable bonds is 17. The Labute approximate surface area is 238 Å². The van der Waals surface area contributed by atoms with Crippen LogP contribution in [0.15, 0.2) is 0 Å². The zero-order chi connectivity index (χ0) is 31.4. The second-order valence-corrected chi connectivity index (χ2v) is 10.7. The lowest BCUT2D eigenvalue weighted by molar-refractivity contribution is -0.146. The van der Waals surface area contributed by atoms with Crippen molar-refractivity contribution in [2.24, 2.45) is 17.6 Å². The van der Waals surface area contributed by atoms with Gasteiger partial charge in [0.1, 0.15) is 24.2 Å². The van der Waals surface area contributed by atoms with Crippen LogP contribution in [0.2, 0.25) is 0 Å². The molecule has 15 nitrogen and oxygen atoms in total. The van der Waals surface area contributed by atoms with Crippen LogP contribution in [-0.2, 0) is 33.6 Å². The zero-order valence-electron chi connectivity index (χ0n) is 23.9. The van der Waals surface area contributed by atoms with Gasteiger partial charge in [-0.15, -0.1) is 0 Å². The number of hydrogen-bond donors (Lipinski definition) is 7. The number of carboxylic acid groups (broad SMARTS) is 3. The van der Waals surface area contributed by atoms with Crippen molar-refractivity contribution >= 4 is 41.5 Å². The topological polar surface area (TPSA) is 246 Å². The van der Waals surface area contributed by atoms with Crippen LogP contribution in [0, 0.1) is 11.8 Å². The third kappa shape index (κ3) is 11.0. The van der Waals surface area contributed by atoms with Crippen molar-refractivity contribution in [1.29, 1.82) is 0 Å². The number of nitrogens with one attached hydrogen (secondary N) is 3. The molecule has 232 valence electrons. The van der Waals surface area contributed by atoms with Gasteiger partial charge in [0.25, 0.3) is 0 Å². The summed E-state index contributed by atoms with van der Waals surface area (Å²) >= 11 is 0. The fourth-order valence-corrected chi connectivity index (χ4v) is 4.32. The van der Waals surface area contributed by atoms with Gasteiger partial charge in [0.05, 0.1) is 6.04 Å². The van der Waals surface area contributed by atoms with Gasteiger partial charge in [-0.2, -0.15) is 0 Å². The molecular weight excluding hydrogens is 542 g/mol. The maximum Gasteiger partial charge on any atom is 0.326 e. The van der Waals surface area contributed by atoms with Gasteiger partial charge >= 0.3 is 17.9 Å². The number of likely N-dealkylation sites (tertiary alicyclic amines) is 1. The first-order chi connectivity index (χ1) is 19.1. The zero-order valence-corrected chi connectivity index (χ0v) is 23.9. The largest absolute Gasteiger partial charge is 0.481 e. The number of carboxylic acids is 3. The second-order valence-electron chi connectivity index (χ2n) is 10.7. The highest BCUT2D eigenvalue weighted by atomic mass is 16.4. The summed E-state index contributed by atoms with van der Waals surface area (Å²) in [6, 6.07) is -5.87. The molecule has 0 radical (unpaired) electrons. The monoisotopic (exact) mass is 585 g/mol. The van der Waals surface area contributed by atoms with Crippen LogP contribution in [0.25, 0.3) is 0 Å². The molecular formula is C26H43N5O10. The van der Waals surface area contributed by atoms with Crippen LogP contribution in [0.4, 0.5) is 0 Å². The quantitative estimate of drug-likeness (QED) is 0.112. The van der Waals surface area contributed by atoms with Gasteiger partial charge in [0.2, 0.25) is 23.6 Å². The van der Waals surface area contributed by atoms with E-state index in [-0.39, 0.29) is 31.7 Å². The molecule has 1 fully saturated rings. The Bertz CT molecular complexity index is 988. The number of nitrogens with two attached hydrogens (primary N) is 1. The molecule has 0 aromatic carbocycles. The average molecular weight is 586 g/mol. The Morgan fingerprint density at radius 2 is 1.41 bits per heavy atom. The van der Waals surface area contributed by atoms with Gasteiger partial charge in [0.15, 0.2) is 0 Å². The Morgan fingerprint density at radius 1 is 0.854 bits per heavy atom. The van der Waals surface area contributed by atoms with Crippen molar-refractivity contribution in [3.8, 4) is 0 Å². The highest BCUT2D eigenvalue weighted by Crippen LogP contribution is 2.22. The van der Waals surface area contributed by atoms with E-state index in [4.69, 9.17) is 15.9 Å². The Hall–Kier alpha value is -3.75. The molecule has 4 amide bonds. The molecule has 0 saturated carbocycles. The smallest absolute Gasteiger partial charge is 0.326 e. The highest BCUT2D eigenvalue weighted by Gasteiger charge is 2.41. The van der Waals surface area contributed by atoms with Crippen LogP contribution in [0.5, 0.6) is 0 Å². The minimum absolute atomic E-state index is 0.162. The van der Waals surface area contributed by atoms with E-state index in [1.807, 2.05) is 0 Å². The van der Waals surface area contributed by atoms with Gasteiger partial charge in [-0.05, 0) is 37.5 Å². The maximum absolute atomic E-state index is 13.7. The molecule has 0 bridgehead atoms. The average Bonchev–Trinajstić information content (AvgIpc) is 3.40. The third-order valence-corrected chi connectivity index (χ3v) is 7.18. The van der Waals surface area contributed by atoms with E-state index in [2.05, 4.69) is 16.0 Å². The molecule has 1 aliphatic rings. The van der Waals surface area contributed by atoms with Gasteiger partial charge in [-0.1, -0.05) is 34.1 Å². The summed E-state index contributed by atoms with van der Waals surface area (Å²) in [7, 11) is 0. The van der Waals surface area contributed by atoms with Crippen LogP contribution in [0.1, 0.15) is 72.6 Å². The number of amides is 4. The molecule has 0 spiro atoms. The maximum atomic E-state index is 13.7. The predicted molar refractivity (Wildman–Crippen MR) is 144 cm³/mol. The SMILES string of the molecule is CC[C@H](C)[C@H](NC(=O)[C@H](CCC(=O)O)NC(=O)[C@@H](N)C(C)C)C(=O)N1CCC[C@H]1C(=O)N[C@@H](CCC(=O)O)C(=O)O. The van der Waals surface area contributed by atoms with Crippen LogP contribution < -0.4 is 21.7 Å². The Morgan fingerprint density at radius 3 is 1.90 bits per heavy atom. The van der Waals surface area contributed by atoms with Crippen LogP contribution in [-0.4, -0.2) is 98.5 Å². The number of carbonyl (C=O) groups is 7. The molecule has 6 atom stereocenters. The van der Waals surface area contributed by atoms with E-state index >= 15 is 0 Å². The molecule has 1 saturated heterocycles. The molecule has 0 aromatic rings. The van der Waals surface area contributed by atoms with Crippen molar-refractivity contribution in [2.75, 3.05) is 6.54 Å². The molecule has 41 heavy (non-hydrogen) atoms. The second kappa shape index (κ2) is 16.5. The number of carbonyl (C=O) groups excluding carboxylic acids is 4. The molecule has 1 aliphatic heterocycles. The van der Waals surface area contributed by atoms with E-state index < -0.39 is 90.5 Å². The number of nitrogens with zero attached hydrogens (tertiary/aromatic N) is 1.